The van der Waals surface area contributed by atoms with Crippen molar-refractivity contribution >= 4 is 30.0 Å². The first-order valence-electron chi connectivity index (χ1n) is 10.9. The number of amides is 1. The highest BCUT2D eigenvalue weighted by Crippen LogP contribution is 2.34. The molecule has 1 saturated carbocycles. The van der Waals surface area contributed by atoms with Crippen molar-refractivity contribution in [3.8, 4) is 16.9 Å². The Bertz CT molecular complexity index is 1450. The Morgan fingerprint density at radius 3 is 2.69 bits per heavy atom. The van der Waals surface area contributed by atoms with Crippen LogP contribution in [0.15, 0.2) is 76.2 Å². The van der Waals surface area contributed by atoms with Gasteiger partial charge in [0.1, 0.15) is 16.7 Å². The lowest BCUT2D eigenvalue weighted by Crippen LogP contribution is -2.31. The van der Waals surface area contributed by atoms with Crippen molar-refractivity contribution in [2.75, 3.05) is 5.73 Å². The SMILES string of the molecule is C=N/C(=C\C=C(/C)NC(=O)c1nn(C2CC2)cc(-c2ccc(F)cc2)c1=O)Oc1ccnc(N)c1Cl. The summed E-state index contributed by atoms with van der Waals surface area (Å²) in [5, 5.41) is 7.03. The zero-order valence-corrected chi connectivity index (χ0v) is 20.0. The molecule has 0 bridgehead atoms. The number of carbonyl (C=O) groups is 1. The highest BCUT2D eigenvalue weighted by atomic mass is 35.5. The summed E-state index contributed by atoms with van der Waals surface area (Å²) in [6.45, 7) is 5.08. The van der Waals surface area contributed by atoms with Crippen LogP contribution in [0.4, 0.5) is 10.2 Å². The molecule has 3 aromatic rings. The third-order valence-electron chi connectivity index (χ3n) is 5.27. The highest BCUT2D eigenvalue weighted by molar-refractivity contribution is 6.34. The van der Waals surface area contributed by atoms with E-state index in [9.17, 15) is 14.0 Å². The Balaban J connectivity index is 1.57. The quantitative estimate of drug-likeness (QED) is 0.266. The molecule has 3 N–H and O–H groups in total. The Labute approximate surface area is 210 Å². The minimum Gasteiger partial charge on any atom is -0.437 e. The lowest BCUT2D eigenvalue weighted by Gasteiger charge is -2.11. The van der Waals surface area contributed by atoms with Crippen LogP contribution in [-0.4, -0.2) is 27.4 Å². The van der Waals surface area contributed by atoms with Crippen molar-refractivity contribution in [3.63, 3.8) is 0 Å². The Kier molecular flexibility index (Phi) is 7.25. The van der Waals surface area contributed by atoms with Crippen LogP contribution in [0.25, 0.3) is 11.1 Å². The zero-order chi connectivity index (χ0) is 25.8. The summed E-state index contributed by atoms with van der Waals surface area (Å²) in [5.41, 5.74) is 6.00. The summed E-state index contributed by atoms with van der Waals surface area (Å²) in [6.07, 6.45) is 7.80. The van der Waals surface area contributed by atoms with Crippen molar-refractivity contribution in [1.29, 1.82) is 0 Å². The van der Waals surface area contributed by atoms with E-state index < -0.39 is 17.2 Å². The molecule has 0 aliphatic heterocycles. The number of hydrogen-bond acceptors (Lipinski definition) is 7. The zero-order valence-electron chi connectivity index (χ0n) is 19.2. The maximum absolute atomic E-state index is 13.4. The molecule has 0 radical (unpaired) electrons. The molecule has 4 rings (SSSR count). The van der Waals surface area contributed by atoms with Crippen molar-refractivity contribution in [2.45, 2.75) is 25.8 Å². The summed E-state index contributed by atoms with van der Waals surface area (Å²) in [6, 6.07) is 7.14. The largest absolute Gasteiger partial charge is 0.437 e. The minimum atomic E-state index is -0.681. The molecule has 1 aliphatic rings. The maximum Gasteiger partial charge on any atom is 0.279 e. The van der Waals surface area contributed by atoms with Gasteiger partial charge >= 0.3 is 0 Å². The van der Waals surface area contributed by atoms with E-state index in [-0.39, 0.29) is 39.8 Å². The van der Waals surface area contributed by atoms with E-state index in [4.69, 9.17) is 22.1 Å². The third kappa shape index (κ3) is 5.66. The number of nitrogens with one attached hydrogen (secondary N) is 1. The van der Waals surface area contributed by atoms with E-state index in [1.54, 1.807) is 17.8 Å². The van der Waals surface area contributed by atoms with Crippen molar-refractivity contribution in [1.82, 2.24) is 20.1 Å². The number of pyridine rings is 1. The van der Waals surface area contributed by atoms with E-state index in [2.05, 4.69) is 27.1 Å². The molecule has 9 nitrogen and oxygen atoms in total. The first-order valence-corrected chi connectivity index (χ1v) is 11.3. The highest BCUT2D eigenvalue weighted by Gasteiger charge is 2.27. The predicted molar refractivity (Wildman–Crippen MR) is 135 cm³/mol. The molecule has 1 fully saturated rings. The maximum atomic E-state index is 13.4. The second-order valence-corrected chi connectivity index (χ2v) is 8.39. The summed E-state index contributed by atoms with van der Waals surface area (Å²) < 4.78 is 20.6. The molecule has 0 unspecified atom stereocenters. The number of nitrogens with zero attached hydrogens (tertiary/aromatic N) is 4. The summed E-state index contributed by atoms with van der Waals surface area (Å²) in [7, 11) is 0. The Morgan fingerprint density at radius 1 is 1.31 bits per heavy atom. The van der Waals surface area contributed by atoms with Gasteiger partial charge in [-0.25, -0.2) is 14.4 Å². The van der Waals surface area contributed by atoms with Crippen molar-refractivity contribution in [2.24, 2.45) is 4.99 Å². The molecule has 0 atom stereocenters. The number of aromatic nitrogens is 3. The second kappa shape index (κ2) is 10.5. The standard InChI is InChI=1S/C25H22ClFN6O3/c1-14(3-10-20(29-2)36-19-11-12-30-24(28)21(19)26)31-25(35)22-23(34)18(13-33(32-22)17-8-9-17)15-4-6-16(27)7-5-15/h3-7,10-13,17H,2,8-9H2,1H3,(H2,28,30)(H,31,35)/b14-3+,20-10+. The number of halogens is 2. The number of hydrogen-bond donors (Lipinski definition) is 2. The molecular formula is C25H22ClFN6O3. The van der Waals surface area contributed by atoms with Gasteiger partial charge in [-0.1, -0.05) is 23.7 Å². The van der Waals surface area contributed by atoms with Crippen molar-refractivity contribution in [3.05, 3.63) is 93.2 Å². The molecule has 0 saturated heterocycles. The van der Waals surface area contributed by atoms with Crippen LogP contribution < -0.4 is 21.2 Å². The van der Waals surface area contributed by atoms with Gasteiger partial charge in [0, 0.05) is 35.8 Å². The van der Waals surface area contributed by atoms with E-state index in [1.165, 1.54) is 48.7 Å². The summed E-state index contributed by atoms with van der Waals surface area (Å²) in [4.78, 5) is 33.7. The van der Waals surface area contributed by atoms with Gasteiger partial charge in [0.15, 0.2) is 11.4 Å². The first-order chi connectivity index (χ1) is 17.3. The summed E-state index contributed by atoms with van der Waals surface area (Å²) >= 11 is 6.08. The first kappa shape index (κ1) is 24.8. The van der Waals surface area contributed by atoms with E-state index >= 15 is 0 Å². The fourth-order valence-electron chi connectivity index (χ4n) is 3.25. The van der Waals surface area contributed by atoms with Crippen LogP contribution in [0.2, 0.25) is 5.02 Å². The molecule has 2 aromatic heterocycles. The normalized spacial score (nSPS) is 13.9. The van der Waals surface area contributed by atoms with Crippen LogP contribution in [-0.2, 0) is 0 Å². The molecule has 1 aromatic carbocycles. The number of rotatable bonds is 8. The van der Waals surface area contributed by atoms with Gasteiger partial charge in [0.25, 0.3) is 5.91 Å². The average molecular weight is 509 g/mol. The number of allylic oxidation sites excluding steroid dienone is 3. The number of ether oxygens (including phenoxy) is 1. The number of carbonyl (C=O) groups excluding carboxylic acids is 1. The fourth-order valence-corrected chi connectivity index (χ4v) is 3.40. The average Bonchev–Trinajstić information content (AvgIpc) is 3.70. The van der Waals surface area contributed by atoms with Crippen LogP contribution in [0.5, 0.6) is 5.75 Å². The van der Waals surface area contributed by atoms with Gasteiger partial charge in [-0.2, -0.15) is 5.10 Å². The number of anilines is 1. The van der Waals surface area contributed by atoms with Crippen LogP contribution in [0, 0.1) is 5.82 Å². The molecule has 1 amide bonds. The van der Waals surface area contributed by atoms with Gasteiger partial charge < -0.3 is 15.8 Å². The minimum absolute atomic E-state index is 0.0867. The number of nitrogen functional groups attached to an aromatic ring is 1. The number of nitrogens with two attached hydrogens (primary N) is 1. The molecular weight excluding hydrogens is 487 g/mol. The molecule has 36 heavy (non-hydrogen) atoms. The molecule has 1 aliphatic carbocycles. The third-order valence-corrected chi connectivity index (χ3v) is 5.65. The van der Waals surface area contributed by atoms with Crippen LogP contribution >= 0.6 is 11.6 Å². The summed E-state index contributed by atoms with van der Waals surface area (Å²) in [5.74, 6) is -0.679. The Morgan fingerprint density at radius 2 is 2.03 bits per heavy atom. The van der Waals surface area contributed by atoms with Gasteiger partial charge in [0.05, 0.1) is 6.04 Å². The molecule has 2 heterocycles. The number of aliphatic imine (C=N–C) groups is 1. The topological polar surface area (TPSA) is 124 Å². The number of benzene rings is 1. The van der Waals surface area contributed by atoms with E-state index in [1.807, 2.05) is 0 Å². The fraction of sp³-hybridized carbons (Fsp3) is 0.160. The lowest BCUT2D eigenvalue weighted by atomic mass is 10.1. The van der Waals surface area contributed by atoms with Gasteiger partial charge in [-0.15, -0.1) is 0 Å². The smallest absolute Gasteiger partial charge is 0.279 e. The predicted octanol–water partition coefficient (Wildman–Crippen LogP) is 4.27. The molecule has 184 valence electrons. The molecule has 11 heteroatoms. The van der Waals surface area contributed by atoms with E-state index in [0.717, 1.165) is 12.8 Å². The monoisotopic (exact) mass is 508 g/mol. The molecule has 0 spiro atoms. The van der Waals surface area contributed by atoms with Gasteiger partial charge in [0.2, 0.25) is 11.3 Å². The Hall–Kier alpha value is -4.31. The van der Waals surface area contributed by atoms with Gasteiger partial charge in [-0.3, -0.25) is 14.3 Å². The van der Waals surface area contributed by atoms with E-state index in [0.29, 0.717) is 11.3 Å². The van der Waals surface area contributed by atoms with Crippen molar-refractivity contribution < 1.29 is 13.9 Å². The van der Waals surface area contributed by atoms with Gasteiger partial charge in [-0.05, 0) is 50.3 Å². The van der Waals surface area contributed by atoms with Crippen LogP contribution in [0.1, 0.15) is 36.3 Å². The van der Waals surface area contributed by atoms with Crippen LogP contribution in [0.3, 0.4) is 0 Å². The lowest BCUT2D eigenvalue weighted by molar-refractivity contribution is 0.0957. The second-order valence-electron chi connectivity index (χ2n) is 8.02.